The minimum Gasteiger partial charge on any atom is -0.485 e. The average molecular weight is 384 g/mol. The number of carbonyl (C=O) groups is 1. The largest absolute Gasteiger partial charge is 0.485 e. The number of hydrogen-bond donors (Lipinski definition) is 1. The van der Waals surface area contributed by atoms with Gasteiger partial charge in [0.1, 0.15) is 10.9 Å². The van der Waals surface area contributed by atoms with Gasteiger partial charge in [0.05, 0.1) is 11.9 Å². The van der Waals surface area contributed by atoms with E-state index in [0.29, 0.717) is 34.7 Å². The molecular formula is C18H20ClF2N3O2. The molecule has 1 atom stereocenters. The molecule has 0 bridgehead atoms. The molecule has 0 saturated heterocycles. The molecule has 2 rings (SSSR count). The number of nitrogens with one attached hydrogen (secondary N) is 1. The number of alkyl halides is 2. The lowest BCUT2D eigenvalue weighted by Gasteiger charge is -2.17. The second-order valence-electron chi connectivity index (χ2n) is 6.12. The van der Waals surface area contributed by atoms with Gasteiger partial charge in [-0.15, -0.1) is 0 Å². The molecule has 0 radical (unpaired) electrons. The fourth-order valence-electron chi connectivity index (χ4n) is 2.28. The quantitative estimate of drug-likeness (QED) is 0.548. The predicted octanol–water partition coefficient (Wildman–Crippen LogP) is 4.14. The van der Waals surface area contributed by atoms with E-state index in [0.717, 1.165) is 13.2 Å². The Labute approximate surface area is 155 Å². The standard InChI is InChI=1S/C18H20ClF2N3O2/c1-11-6-15(24-8-16(11)26-10-18(3,20)21)12(2)23-7-14-13(9-25)4-5-22-17(14)19/h4-6,8-9,12,23H,7,10H2,1-3H3. The highest BCUT2D eigenvalue weighted by atomic mass is 35.5. The van der Waals surface area contributed by atoms with Crippen LogP contribution in [-0.2, 0) is 6.54 Å². The SMILES string of the molecule is Cc1cc(C(C)NCc2c(C=O)ccnc2Cl)ncc1OCC(C)(F)F. The van der Waals surface area contributed by atoms with E-state index >= 15 is 0 Å². The monoisotopic (exact) mass is 383 g/mol. The molecule has 140 valence electrons. The van der Waals surface area contributed by atoms with Crippen LogP contribution < -0.4 is 10.1 Å². The van der Waals surface area contributed by atoms with Crippen LogP contribution in [0, 0.1) is 6.92 Å². The van der Waals surface area contributed by atoms with Crippen LogP contribution >= 0.6 is 11.6 Å². The van der Waals surface area contributed by atoms with Crippen molar-refractivity contribution in [3.8, 4) is 5.75 Å². The number of halogens is 3. The van der Waals surface area contributed by atoms with Gasteiger partial charge in [-0.1, -0.05) is 11.6 Å². The highest BCUT2D eigenvalue weighted by Crippen LogP contribution is 2.23. The molecule has 0 spiro atoms. The number of carbonyl (C=O) groups excluding carboxylic acids is 1. The Kier molecular flexibility index (Phi) is 6.61. The van der Waals surface area contributed by atoms with Crippen LogP contribution in [0.1, 0.15) is 47.1 Å². The topological polar surface area (TPSA) is 64.1 Å². The van der Waals surface area contributed by atoms with E-state index in [9.17, 15) is 13.6 Å². The van der Waals surface area contributed by atoms with Crippen molar-refractivity contribution in [1.82, 2.24) is 15.3 Å². The summed E-state index contributed by atoms with van der Waals surface area (Å²) in [4.78, 5) is 19.4. The summed E-state index contributed by atoms with van der Waals surface area (Å²) in [6.45, 7) is 4.10. The van der Waals surface area contributed by atoms with Crippen LogP contribution in [0.3, 0.4) is 0 Å². The summed E-state index contributed by atoms with van der Waals surface area (Å²) in [6.07, 6.45) is 3.64. The maximum absolute atomic E-state index is 12.9. The lowest BCUT2D eigenvalue weighted by Crippen LogP contribution is -2.22. The zero-order chi connectivity index (χ0) is 19.3. The third-order valence-corrected chi connectivity index (χ3v) is 4.09. The summed E-state index contributed by atoms with van der Waals surface area (Å²) < 4.78 is 30.9. The van der Waals surface area contributed by atoms with Gasteiger partial charge in [0.15, 0.2) is 12.9 Å². The number of aldehydes is 1. The van der Waals surface area contributed by atoms with Crippen molar-refractivity contribution in [2.24, 2.45) is 0 Å². The number of rotatable bonds is 8. The first-order valence-corrected chi connectivity index (χ1v) is 8.38. The summed E-state index contributed by atoms with van der Waals surface area (Å²) in [6, 6.07) is 3.20. The second kappa shape index (κ2) is 8.51. The molecule has 0 fully saturated rings. The maximum Gasteiger partial charge on any atom is 0.278 e. The third kappa shape index (κ3) is 5.44. The summed E-state index contributed by atoms with van der Waals surface area (Å²) in [5.74, 6) is -2.58. The molecule has 26 heavy (non-hydrogen) atoms. The van der Waals surface area contributed by atoms with Crippen molar-refractivity contribution in [1.29, 1.82) is 0 Å². The fraction of sp³-hybridized carbons (Fsp3) is 0.389. The minimum absolute atomic E-state index is 0.161. The van der Waals surface area contributed by atoms with E-state index in [1.807, 2.05) is 6.92 Å². The molecule has 1 unspecified atom stereocenters. The molecule has 0 aliphatic carbocycles. The van der Waals surface area contributed by atoms with Crippen LogP contribution in [0.2, 0.25) is 5.15 Å². The van der Waals surface area contributed by atoms with Crippen LogP contribution in [0.4, 0.5) is 8.78 Å². The molecular weight excluding hydrogens is 364 g/mol. The Morgan fingerprint density at radius 1 is 1.42 bits per heavy atom. The molecule has 0 aliphatic heterocycles. The molecule has 2 aromatic heterocycles. The zero-order valence-electron chi connectivity index (χ0n) is 14.7. The lowest BCUT2D eigenvalue weighted by molar-refractivity contribution is -0.0232. The summed E-state index contributed by atoms with van der Waals surface area (Å²) >= 11 is 6.05. The Morgan fingerprint density at radius 2 is 2.15 bits per heavy atom. The van der Waals surface area contributed by atoms with E-state index in [1.54, 1.807) is 19.1 Å². The van der Waals surface area contributed by atoms with Crippen LogP contribution in [0.5, 0.6) is 5.75 Å². The molecule has 0 saturated carbocycles. The van der Waals surface area contributed by atoms with Crippen molar-refractivity contribution >= 4 is 17.9 Å². The Balaban J connectivity index is 2.05. The Hall–Kier alpha value is -2.12. The van der Waals surface area contributed by atoms with E-state index < -0.39 is 12.5 Å². The van der Waals surface area contributed by atoms with Crippen molar-refractivity contribution < 1.29 is 18.3 Å². The smallest absolute Gasteiger partial charge is 0.278 e. The van der Waals surface area contributed by atoms with Crippen molar-refractivity contribution in [3.63, 3.8) is 0 Å². The van der Waals surface area contributed by atoms with Crippen LogP contribution in [0.25, 0.3) is 0 Å². The number of aromatic nitrogens is 2. The van der Waals surface area contributed by atoms with Crippen molar-refractivity contribution in [2.75, 3.05) is 6.61 Å². The Bertz CT molecular complexity index is 782. The van der Waals surface area contributed by atoms with E-state index in [-0.39, 0.29) is 11.2 Å². The molecule has 0 amide bonds. The number of nitrogens with zero attached hydrogens (tertiary/aromatic N) is 2. The number of ether oxygens (including phenoxy) is 1. The molecule has 2 heterocycles. The van der Waals surface area contributed by atoms with Gasteiger partial charge in [-0.3, -0.25) is 9.78 Å². The second-order valence-corrected chi connectivity index (χ2v) is 6.48. The summed E-state index contributed by atoms with van der Waals surface area (Å²) in [5, 5.41) is 3.49. The van der Waals surface area contributed by atoms with E-state index in [1.165, 1.54) is 12.4 Å². The fourth-order valence-corrected chi connectivity index (χ4v) is 2.52. The van der Waals surface area contributed by atoms with Gasteiger partial charge < -0.3 is 10.1 Å². The van der Waals surface area contributed by atoms with Crippen molar-refractivity contribution in [3.05, 3.63) is 52.1 Å². The van der Waals surface area contributed by atoms with Gasteiger partial charge in [-0.2, -0.15) is 0 Å². The predicted molar refractivity (Wildman–Crippen MR) is 95.0 cm³/mol. The highest BCUT2D eigenvalue weighted by Gasteiger charge is 2.22. The molecule has 0 aromatic carbocycles. The van der Waals surface area contributed by atoms with Crippen molar-refractivity contribution in [2.45, 2.75) is 39.3 Å². The molecule has 2 aromatic rings. The van der Waals surface area contributed by atoms with Gasteiger partial charge >= 0.3 is 0 Å². The number of hydrogen-bond acceptors (Lipinski definition) is 5. The molecule has 1 N–H and O–H groups in total. The van der Waals surface area contributed by atoms with E-state index in [2.05, 4.69) is 15.3 Å². The van der Waals surface area contributed by atoms with E-state index in [4.69, 9.17) is 16.3 Å². The first kappa shape index (κ1) is 20.2. The van der Waals surface area contributed by atoms with Gasteiger partial charge in [0.25, 0.3) is 5.92 Å². The third-order valence-electron chi connectivity index (χ3n) is 3.76. The normalized spacial score (nSPS) is 12.7. The first-order chi connectivity index (χ1) is 12.2. The number of aryl methyl sites for hydroxylation is 1. The van der Waals surface area contributed by atoms with Crippen LogP contribution in [0.15, 0.2) is 24.5 Å². The number of pyridine rings is 2. The minimum atomic E-state index is -2.90. The maximum atomic E-state index is 12.9. The van der Waals surface area contributed by atoms with Gasteiger partial charge in [0, 0.05) is 36.8 Å². The average Bonchev–Trinajstić information content (AvgIpc) is 2.58. The first-order valence-electron chi connectivity index (χ1n) is 8.00. The molecule has 0 aliphatic rings. The Morgan fingerprint density at radius 3 is 2.77 bits per heavy atom. The van der Waals surface area contributed by atoms with Gasteiger partial charge in [0.2, 0.25) is 0 Å². The zero-order valence-corrected chi connectivity index (χ0v) is 15.5. The lowest BCUT2D eigenvalue weighted by atomic mass is 10.1. The van der Waals surface area contributed by atoms with Crippen LogP contribution in [-0.4, -0.2) is 28.8 Å². The van der Waals surface area contributed by atoms with Gasteiger partial charge in [-0.25, -0.2) is 13.8 Å². The highest BCUT2D eigenvalue weighted by molar-refractivity contribution is 6.30. The molecule has 5 nitrogen and oxygen atoms in total. The van der Waals surface area contributed by atoms with Gasteiger partial charge in [-0.05, 0) is 31.5 Å². The summed E-state index contributed by atoms with van der Waals surface area (Å²) in [5.41, 5.74) is 2.50. The molecule has 8 heteroatoms. The summed E-state index contributed by atoms with van der Waals surface area (Å²) in [7, 11) is 0.